The molecular formula is C20H15Cl2F3N4O2. The van der Waals surface area contributed by atoms with E-state index < -0.39 is 35.8 Å². The van der Waals surface area contributed by atoms with Crippen LogP contribution in [0.5, 0.6) is 0 Å². The molecular weight excluding hydrogens is 456 g/mol. The van der Waals surface area contributed by atoms with E-state index in [4.69, 9.17) is 23.2 Å². The van der Waals surface area contributed by atoms with E-state index in [2.05, 4.69) is 15.7 Å². The summed E-state index contributed by atoms with van der Waals surface area (Å²) < 4.78 is 41.6. The van der Waals surface area contributed by atoms with E-state index in [9.17, 15) is 22.8 Å². The van der Waals surface area contributed by atoms with E-state index >= 15 is 0 Å². The number of halogens is 5. The van der Waals surface area contributed by atoms with Gasteiger partial charge >= 0.3 is 6.18 Å². The predicted octanol–water partition coefficient (Wildman–Crippen LogP) is 4.87. The van der Waals surface area contributed by atoms with Crippen molar-refractivity contribution in [3.8, 4) is 5.69 Å². The lowest BCUT2D eigenvalue weighted by molar-refractivity contribution is -0.143. The number of rotatable bonds is 5. The van der Waals surface area contributed by atoms with Crippen molar-refractivity contribution in [2.45, 2.75) is 13.1 Å². The fourth-order valence-corrected chi connectivity index (χ4v) is 3.06. The molecule has 0 unspecified atom stereocenters. The molecule has 0 radical (unpaired) electrons. The number of alkyl halides is 3. The zero-order chi connectivity index (χ0) is 22.8. The van der Waals surface area contributed by atoms with Crippen LogP contribution in [-0.4, -0.2) is 28.1 Å². The SMILES string of the molecule is Cc1c(Cl)cccc1NC(=O)CNC(=O)c1cnn(-c2ccc(Cl)cc2)c1C(F)(F)F. The third kappa shape index (κ3) is 5.18. The maximum atomic E-state index is 13.7. The first-order valence-corrected chi connectivity index (χ1v) is 9.58. The van der Waals surface area contributed by atoms with Crippen molar-refractivity contribution < 1.29 is 22.8 Å². The van der Waals surface area contributed by atoms with Gasteiger partial charge in [-0.15, -0.1) is 0 Å². The van der Waals surface area contributed by atoms with Crippen LogP contribution >= 0.6 is 23.2 Å². The second-order valence-electron chi connectivity index (χ2n) is 6.44. The van der Waals surface area contributed by atoms with Crippen molar-refractivity contribution in [3.63, 3.8) is 0 Å². The molecule has 2 amide bonds. The number of anilines is 1. The summed E-state index contributed by atoms with van der Waals surface area (Å²) in [5.74, 6) is -1.72. The standard InChI is InChI=1S/C20H15Cl2F3N4O2/c1-11-15(22)3-2-4-16(11)28-17(30)10-26-19(31)14-9-27-29(18(14)20(23,24)25)13-7-5-12(21)6-8-13/h2-9H,10H2,1H3,(H,26,31)(H,28,30). The minimum absolute atomic E-state index is 0.0740. The monoisotopic (exact) mass is 470 g/mol. The van der Waals surface area contributed by atoms with E-state index in [0.717, 1.165) is 6.20 Å². The Hall–Kier alpha value is -3.04. The fraction of sp³-hybridized carbons (Fsp3) is 0.150. The molecule has 6 nitrogen and oxygen atoms in total. The molecule has 0 atom stereocenters. The molecule has 0 saturated heterocycles. The normalized spacial score (nSPS) is 11.3. The van der Waals surface area contributed by atoms with Gasteiger partial charge in [0.1, 0.15) is 0 Å². The Morgan fingerprint density at radius 1 is 1.10 bits per heavy atom. The molecule has 1 aromatic heterocycles. The van der Waals surface area contributed by atoms with Gasteiger partial charge in [0.05, 0.1) is 24.0 Å². The molecule has 0 aliphatic rings. The summed E-state index contributed by atoms with van der Waals surface area (Å²) in [5.41, 5.74) is -0.858. The number of hydrogen-bond acceptors (Lipinski definition) is 3. The van der Waals surface area contributed by atoms with Gasteiger partial charge in [0.2, 0.25) is 5.91 Å². The highest BCUT2D eigenvalue weighted by molar-refractivity contribution is 6.31. The Kier molecular flexibility index (Phi) is 6.56. The molecule has 0 aliphatic carbocycles. The zero-order valence-electron chi connectivity index (χ0n) is 15.9. The molecule has 0 saturated carbocycles. The van der Waals surface area contributed by atoms with Crippen LogP contribution in [0.4, 0.5) is 18.9 Å². The lowest BCUT2D eigenvalue weighted by Crippen LogP contribution is -2.34. The maximum Gasteiger partial charge on any atom is 0.434 e. The average Bonchev–Trinajstić information content (AvgIpc) is 3.16. The average molecular weight is 471 g/mol. The number of aromatic nitrogens is 2. The number of carbonyl (C=O) groups excluding carboxylic acids is 2. The summed E-state index contributed by atoms with van der Waals surface area (Å²) in [5, 5.41) is 9.20. The Bertz CT molecular complexity index is 1130. The number of nitrogens with zero attached hydrogens (tertiary/aromatic N) is 2. The molecule has 31 heavy (non-hydrogen) atoms. The summed E-state index contributed by atoms with van der Waals surface area (Å²) in [6.45, 7) is 1.14. The number of hydrogen-bond donors (Lipinski definition) is 2. The van der Waals surface area contributed by atoms with E-state index in [1.807, 2.05) is 0 Å². The highest BCUT2D eigenvalue weighted by atomic mass is 35.5. The van der Waals surface area contributed by atoms with Crippen LogP contribution in [0.15, 0.2) is 48.7 Å². The topological polar surface area (TPSA) is 76.0 Å². The summed E-state index contributed by atoms with van der Waals surface area (Å²) in [7, 11) is 0. The van der Waals surface area contributed by atoms with E-state index in [1.165, 1.54) is 24.3 Å². The molecule has 3 rings (SSSR count). The van der Waals surface area contributed by atoms with Crippen molar-refractivity contribution in [1.82, 2.24) is 15.1 Å². The van der Waals surface area contributed by atoms with Gasteiger partial charge in [-0.25, -0.2) is 4.68 Å². The minimum Gasteiger partial charge on any atom is -0.343 e. The number of carbonyl (C=O) groups is 2. The minimum atomic E-state index is -4.87. The fourth-order valence-electron chi connectivity index (χ4n) is 2.76. The molecule has 0 fully saturated rings. The Balaban J connectivity index is 1.78. The Labute approximate surface area is 185 Å². The molecule has 2 aromatic carbocycles. The molecule has 1 heterocycles. The lowest BCUT2D eigenvalue weighted by atomic mass is 10.2. The summed E-state index contributed by atoms with van der Waals surface area (Å²) >= 11 is 11.8. The number of amides is 2. The first-order chi connectivity index (χ1) is 14.6. The van der Waals surface area contributed by atoms with E-state index in [-0.39, 0.29) is 5.69 Å². The van der Waals surface area contributed by atoms with Gasteiger partial charge in [-0.05, 0) is 48.9 Å². The van der Waals surface area contributed by atoms with Gasteiger partial charge in [0.25, 0.3) is 5.91 Å². The molecule has 162 valence electrons. The highest BCUT2D eigenvalue weighted by Crippen LogP contribution is 2.33. The molecule has 3 aromatic rings. The zero-order valence-corrected chi connectivity index (χ0v) is 17.4. The van der Waals surface area contributed by atoms with Crippen molar-refractivity contribution in [2.24, 2.45) is 0 Å². The van der Waals surface area contributed by atoms with Gasteiger partial charge < -0.3 is 10.6 Å². The highest BCUT2D eigenvalue weighted by Gasteiger charge is 2.40. The van der Waals surface area contributed by atoms with Crippen molar-refractivity contribution >= 4 is 40.7 Å². The number of nitrogens with one attached hydrogen (secondary N) is 2. The van der Waals surface area contributed by atoms with Gasteiger partial charge in [0.15, 0.2) is 5.69 Å². The molecule has 2 N–H and O–H groups in total. The van der Waals surface area contributed by atoms with E-state index in [1.54, 1.807) is 25.1 Å². The van der Waals surface area contributed by atoms with Gasteiger partial charge in [0, 0.05) is 15.7 Å². The van der Waals surface area contributed by atoms with Crippen LogP contribution in [0.2, 0.25) is 10.0 Å². The Morgan fingerprint density at radius 2 is 1.77 bits per heavy atom. The van der Waals surface area contributed by atoms with E-state index in [0.29, 0.717) is 26.0 Å². The van der Waals surface area contributed by atoms with Gasteiger partial charge in [-0.2, -0.15) is 18.3 Å². The quantitative estimate of drug-likeness (QED) is 0.558. The van der Waals surface area contributed by atoms with Gasteiger partial charge in [-0.1, -0.05) is 29.3 Å². The van der Waals surface area contributed by atoms with Crippen molar-refractivity contribution in [1.29, 1.82) is 0 Å². The van der Waals surface area contributed by atoms with Crippen LogP contribution in [0.25, 0.3) is 5.69 Å². The van der Waals surface area contributed by atoms with Crippen LogP contribution in [0, 0.1) is 6.92 Å². The van der Waals surface area contributed by atoms with Crippen molar-refractivity contribution in [3.05, 3.63) is 75.5 Å². The molecule has 0 bridgehead atoms. The molecule has 0 spiro atoms. The smallest absolute Gasteiger partial charge is 0.343 e. The third-order valence-electron chi connectivity index (χ3n) is 4.30. The summed E-state index contributed by atoms with van der Waals surface area (Å²) in [6, 6.07) is 10.4. The largest absolute Gasteiger partial charge is 0.434 e. The van der Waals surface area contributed by atoms with Crippen LogP contribution < -0.4 is 10.6 Å². The van der Waals surface area contributed by atoms with Crippen molar-refractivity contribution in [2.75, 3.05) is 11.9 Å². The predicted molar refractivity (Wildman–Crippen MR) is 111 cm³/mol. The second-order valence-corrected chi connectivity index (χ2v) is 7.28. The second kappa shape index (κ2) is 8.99. The summed E-state index contributed by atoms with van der Waals surface area (Å²) in [6.07, 6.45) is -4.07. The molecule has 0 aliphatic heterocycles. The lowest BCUT2D eigenvalue weighted by Gasteiger charge is -2.13. The molecule has 11 heteroatoms. The van der Waals surface area contributed by atoms with Crippen LogP contribution in [-0.2, 0) is 11.0 Å². The van der Waals surface area contributed by atoms with Crippen LogP contribution in [0.1, 0.15) is 21.6 Å². The first-order valence-electron chi connectivity index (χ1n) is 8.82. The van der Waals surface area contributed by atoms with Crippen LogP contribution in [0.3, 0.4) is 0 Å². The summed E-state index contributed by atoms with van der Waals surface area (Å²) in [4.78, 5) is 24.5. The maximum absolute atomic E-state index is 13.7. The first kappa shape index (κ1) is 22.6. The third-order valence-corrected chi connectivity index (χ3v) is 4.97. The number of benzene rings is 2. The Morgan fingerprint density at radius 3 is 2.42 bits per heavy atom. The van der Waals surface area contributed by atoms with Gasteiger partial charge in [-0.3, -0.25) is 9.59 Å².